The van der Waals surface area contributed by atoms with Gasteiger partial charge >= 0.3 is 0 Å². The Morgan fingerprint density at radius 1 is 1.41 bits per heavy atom. The van der Waals surface area contributed by atoms with Crippen LogP contribution in [0.15, 0.2) is 16.5 Å². The normalized spacial score (nSPS) is 14.2. The van der Waals surface area contributed by atoms with E-state index < -0.39 is 11.0 Å². The van der Waals surface area contributed by atoms with Gasteiger partial charge in [-0.25, -0.2) is 9.19 Å². The highest BCUT2D eigenvalue weighted by Gasteiger charge is 2.17. The van der Waals surface area contributed by atoms with E-state index in [1.165, 1.54) is 0 Å². The first-order valence-corrected chi connectivity index (χ1v) is 6.92. The Hall–Kier alpha value is -0.450. The minimum Gasteiger partial charge on any atom is -0.234 e. The minimum atomic E-state index is -1.24. The van der Waals surface area contributed by atoms with E-state index in [9.17, 15) is 4.21 Å². The number of halogens is 2. The average Bonchev–Trinajstić information content (AvgIpc) is 2.19. The fourth-order valence-corrected chi connectivity index (χ4v) is 1.90. The average molecular weight is 293 g/mol. The molecular formula is C11H14Cl2N2OS. The molecule has 0 aliphatic heterocycles. The summed E-state index contributed by atoms with van der Waals surface area (Å²) in [5.74, 6) is 0. The number of hydrogen-bond acceptors (Lipinski definition) is 2. The molecule has 0 saturated heterocycles. The van der Waals surface area contributed by atoms with E-state index in [0.717, 1.165) is 5.56 Å². The van der Waals surface area contributed by atoms with Crippen LogP contribution in [0.5, 0.6) is 0 Å². The molecule has 0 saturated carbocycles. The van der Waals surface area contributed by atoms with Gasteiger partial charge in [0.15, 0.2) is 0 Å². The van der Waals surface area contributed by atoms with Gasteiger partial charge in [0.1, 0.15) is 21.3 Å². The van der Waals surface area contributed by atoms with E-state index in [1.807, 2.05) is 20.8 Å². The summed E-state index contributed by atoms with van der Waals surface area (Å²) in [7, 11) is -1.24. The summed E-state index contributed by atoms with van der Waals surface area (Å²) >= 11 is 11.6. The smallest absolute Gasteiger partial charge is 0.144 e. The lowest BCUT2D eigenvalue weighted by Crippen LogP contribution is -2.19. The topological polar surface area (TPSA) is 42.3 Å². The van der Waals surface area contributed by atoms with Crippen LogP contribution in [0.3, 0.4) is 0 Å². The van der Waals surface area contributed by atoms with Crippen molar-refractivity contribution in [1.29, 1.82) is 0 Å². The second-order valence-electron chi connectivity index (χ2n) is 4.44. The summed E-state index contributed by atoms with van der Waals surface area (Å²) in [6.45, 7) is 5.62. The molecule has 1 aromatic rings. The van der Waals surface area contributed by atoms with Gasteiger partial charge in [-0.1, -0.05) is 29.3 Å². The molecule has 0 aromatic carbocycles. The zero-order valence-electron chi connectivity index (χ0n) is 9.91. The molecule has 0 spiro atoms. The van der Waals surface area contributed by atoms with E-state index >= 15 is 0 Å². The van der Waals surface area contributed by atoms with E-state index in [2.05, 4.69) is 9.38 Å². The molecule has 0 amide bonds. The highest BCUT2D eigenvalue weighted by Crippen LogP contribution is 2.17. The summed E-state index contributed by atoms with van der Waals surface area (Å²) < 4.78 is 15.3. The van der Waals surface area contributed by atoms with Crippen LogP contribution in [0.4, 0.5) is 0 Å². The third kappa shape index (κ3) is 4.74. The number of rotatable bonds is 3. The maximum absolute atomic E-state index is 11.6. The predicted octanol–water partition coefficient (Wildman–Crippen LogP) is 3.46. The van der Waals surface area contributed by atoms with Crippen molar-refractivity contribution in [1.82, 2.24) is 4.98 Å². The molecule has 1 atom stereocenters. The van der Waals surface area contributed by atoms with Crippen molar-refractivity contribution in [2.24, 2.45) is 4.40 Å². The fourth-order valence-electron chi connectivity index (χ4n) is 0.955. The van der Waals surface area contributed by atoms with Gasteiger partial charge in [0.2, 0.25) is 0 Å². The summed E-state index contributed by atoms with van der Waals surface area (Å²) in [4.78, 5) is 3.91. The predicted molar refractivity (Wildman–Crippen MR) is 74.3 cm³/mol. The number of nitrogens with zero attached hydrogens (tertiary/aromatic N) is 2. The van der Waals surface area contributed by atoms with E-state index in [0.29, 0.717) is 16.7 Å². The Labute approximate surface area is 114 Å². The third-order valence-corrected chi connectivity index (χ3v) is 3.82. The number of aromatic nitrogens is 1. The molecule has 17 heavy (non-hydrogen) atoms. The van der Waals surface area contributed by atoms with Crippen LogP contribution in [-0.2, 0) is 17.4 Å². The first kappa shape index (κ1) is 14.6. The zero-order chi connectivity index (χ0) is 13.1. The second kappa shape index (κ2) is 5.94. The first-order valence-electron chi connectivity index (χ1n) is 5.06. The van der Waals surface area contributed by atoms with Crippen molar-refractivity contribution >= 4 is 40.4 Å². The van der Waals surface area contributed by atoms with Gasteiger partial charge in [-0.3, -0.25) is 0 Å². The van der Waals surface area contributed by atoms with Crippen molar-refractivity contribution in [3.63, 3.8) is 0 Å². The van der Waals surface area contributed by atoms with Crippen molar-refractivity contribution in [2.75, 3.05) is 0 Å². The molecule has 1 aromatic heterocycles. The molecule has 0 aliphatic carbocycles. The van der Waals surface area contributed by atoms with Gasteiger partial charge in [-0.2, -0.15) is 4.40 Å². The monoisotopic (exact) mass is 292 g/mol. The van der Waals surface area contributed by atoms with Gasteiger partial charge in [-0.05, 0) is 32.4 Å². The lowest BCUT2D eigenvalue weighted by Gasteiger charge is -2.12. The summed E-state index contributed by atoms with van der Waals surface area (Å²) in [6.07, 6.45) is 2.09. The van der Waals surface area contributed by atoms with Crippen LogP contribution >= 0.6 is 23.2 Å². The molecule has 0 radical (unpaired) electrons. The quantitative estimate of drug-likeness (QED) is 0.632. The van der Waals surface area contributed by atoms with Crippen molar-refractivity contribution < 1.29 is 4.21 Å². The molecule has 6 heteroatoms. The first-order chi connectivity index (χ1) is 7.80. The highest BCUT2D eigenvalue weighted by molar-refractivity contribution is 7.85. The number of pyridine rings is 1. The minimum absolute atomic E-state index is 0.349. The van der Waals surface area contributed by atoms with Crippen LogP contribution in [-0.4, -0.2) is 20.2 Å². The van der Waals surface area contributed by atoms with Crippen LogP contribution < -0.4 is 0 Å². The SMILES string of the molecule is CC(C)(C)S(=O)N=CCc1ccc(Cl)nc1Cl. The van der Waals surface area contributed by atoms with Gasteiger partial charge in [0, 0.05) is 12.6 Å². The Morgan fingerprint density at radius 2 is 2.06 bits per heavy atom. The lowest BCUT2D eigenvalue weighted by molar-refractivity contribution is 0.651. The summed E-state index contributed by atoms with van der Waals surface area (Å²) in [5.41, 5.74) is 0.811. The van der Waals surface area contributed by atoms with Crippen LogP contribution in [0.25, 0.3) is 0 Å². The molecule has 0 aliphatic rings. The van der Waals surface area contributed by atoms with Crippen molar-refractivity contribution in [3.05, 3.63) is 28.0 Å². The van der Waals surface area contributed by atoms with Crippen molar-refractivity contribution in [2.45, 2.75) is 31.9 Å². The molecule has 1 unspecified atom stereocenters. The van der Waals surface area contributed by atoms with Gasteiger partial charge < -0.3 is 0 Å². The molecule has 0 fully saturated rings. The Bertz CT molecular complexity index is 455. The molecule has 94 valence electrons. The Balaban J connectivity index is 2.68. The van der Waals surface area contributed by atoms with E-state index in [4.69, 9.17) is 23.2 Å². The van der Waals surface area contributed by atoms with Gasteiger partial charge in [-0.15, -0.1) is 0 Å². The van der Waals surface area contributed by atoms with Gasteiger partial charge in [0.25, 0.3) is 0 Å². The van der Waals surface area contributed by atoms with E-state index in [-0.39, 0.29) is 4.75 Å². The van der Waals surface area contributed by atoms with Crippen LogP contribution in [0.1, 0.15) is 26.3 Å². The summed E-state index contributed by atoms with van der Waals surface area (Å²) in [6, 6.07) is 3.45. The van der Waals surface area contributed by atoms with Crippen molar-refractivity contribution in [3.8, 4) is 0 Å². The molecular weight excluding hydrogens is 279 g/mol. The molecule has 1 heterocycles. The van der Waals surface area contributed by atoms with E-state index in [1.54, 1.807) is 18.3 Å². The van der Waals surface area contributed by atoms with Gasteiger partial charge in [0.05, 0.1) is 4.75 Å². The molecule has 3 nitrogen and oxygen atoms in total. The fraction of sp³-hybridized carbons (Fsp3) is 0.455. The highest BCUT2D eigenvalue weighted by atomic mass is 35.5. The lowest BCUT2D eigenvalue weighted by atomic mass is 10.2. The maximum Gasteiger partial charge on any atom is 0.144 e. The Morgan fingerprint density at radius 3 is 2.59 bits per heavy atom. The van der Waals surface area contributed by atoms with Crippen LogP contribution in [0, 0.1) is 0 Å². The summed E-state index contributed by atoms with van der Waals surface area (Å²) in [5, 5.41) is 0.708. The largest absolute Gasteiger partial charge is 0.234 e. The molecule has 0 bridgehead atoms. The maximum atomic E-state index is 11.6. The zero-order valence-corrected chi connectivity index (χ0v) is 12.2. The number of hydrogen-bond donors (Lipinski definition) is 0. The Kier molecular flexibility index (Phi) is 5.10. The molecule has 1 rings (SSSR count). The molecule has 0 N–H and O–H groups in total. The standard InChI is InChI=1S/C11H14Cl2N2OS/c1-11(2,3)17(16)14-7-6-8-4-5-9(12)15-10(8)13/h4-5,7H,6H2,1-3H3. The van der Waals surface area contributed by atoms with Crippen LogP contribution in [0.2, 0.25) is 10.3 Å². The third-order valence-electron chi connectivity index (χ3n) is 1.90. The second-order valence-corrected chi connectivity index (χ2v) is 7.12.